The number of methoxy groups -OCH3 is 2. The van der Waals surface area contributed by atoms with Crippen molar-refractivity contribution in [3.8, 4) is 11.5 Å². The summed E-state index contributed by atoms with van der Waals surface area (Å²) in [5.41, 5.74) is 1.05. The maximum Gasteiger partial charge on any atom is 0.225 e. The molecule has 1 aromatic heterocycles. The molecule has 32 heavy (non-hydrogen) atoms. The Morgan fingerprint density at radius 2 is 1.84 bits per heavy atom. The molecule has 2 amide bonds. The molecule has 1 aliphatic carbocycles. The van der Waals surface area contributed by atoms with Gasteiger partial charge < -0.3 is 24.1 Å². The van der Waals surface area contributed by atoms with Gasteiger partial charge in [0.05, 0.1) is 32.9 Å². The Morgan fingerprint density at radius 1 is 1.06 bits per heavy atom. The van der Waals surface area contributed by atoms with Crippen LogP contribution in [0.1, 0.15) is 49.3 Å². The number of hydrogen-bond donors (Lipinski definition) is 1. The van der Waals surface area contributed by atoms with Gasteiger partial charge in [0, 0.05) is 24.9 Å². The van der Waals surface area contributed by atoms with Gasteiger partial charge in [-0.15, -0.1) is 0 Å². The van der Waals surface area contributed by atoms with E-state index in [-0.39, 0.29) is 29.6 Å². The van der Waals surface area contributed by atoms with E-state index in [1.807, 2.05) is 29.2 Å². The van der Waals surface area contributed by atoms with E-state index in [9.17, 15) is 9.59 Å². The Hall–Kier alpha value is -2.96. The first kappa shape index (κ1) is 22.2. The molecular weight excluding hydrogens is 408 g/mol. The van der Waals surface area contributed by atoms with Crippen LogP contribution in [0.15, 0.2) is 41.0 Å². The second-order valence-electron chi connectivity index (χ2n) is 8.77. The largest absolute Gasteiger partial charge is 0.493 e. The molecule has 2 aromatic rings. The van der Waals surface area contributed by atoms with Crippen LogP contribution < -0.4 is 14.8 Å². The third-order valence-electron chi connectivity index (χ3n) is 6.73. The van der Waals surface area contributed by atoms with Crippen molar-refractivity contribution in [2.75, 3.05) is 27.3 Å². The molecule has 2 unspecified atom stereocenters. The number of benzene rings is 1. The van der Waals surface area contributed by atoms with Crippen molar-refractivity contribution in [3.05, 3.63) is 47.9 Å². The van der Waals surface area contributed by atoms with E-state index in [2.05, 4.69) is 5.32 Å². The third kappa shape index (κ3) is 4.92. The lowest BCUT2D eigenvalue weighted by Crippen LogP contribution is -2.49. The van der Waals surface area contributed by atoms with Gasteiger partial charge >= 0.3 is 0 Å². The quantitative estimate of drug-likeness (QED) is 0.710. The van der Waals surface area contributed by atoms with Gasteiger partial charge in [0.25, 0.3) is 0 Å². The van der Waals surface area contributed by atoms with Crippen LogP contribution in [-0.4, -0.2) is 44.0 Å². The minimum atomic E-state index is -0.276. The van der Waals surface area contributed by atoms with E-state index >= 15 is 0 Å². The maximum atomic E-state index is 13.2. The smallest absolute Gasteiger partial charge is 0.225 e. The average molecular weight is 441 g/mol. The van der Waals surface area contributed by atoms with E-state index in [1.54, 1.807) is 26.5 Å². The number of amides is 2. The zero-order valence-corrected chi connectivity index (χ0v) is 18.8. The second kappa shape index (κ2) is 10.1. The molecule has 2 fully saturated rings. The number of hydrogen-bond acceptors (Lipinski definition) is 5. The van der Waals surface area contributed by atoms with E-state index in [0.29, 0.717) is 43.3 Å². The molecule has 0 spiro atoms. The maximum absolute atomic E-state index is 13.2. The third-order valence-corrected chi connectivity index (χ3v) is 6.73. The normalized spacial score (nSPS) is 21.4. The summed E-state index contributed by atoms with van der Waals surface area (Å²) >= 11 is 0. The van der Waals surface area contributed by atoms with Crippen molar-refractivity contribution in [2.24, 2.45) is 11.8 Å². The fourth-order valence-electron chi connectivity index (χ4n) is 4.98. The Bertz CT molecular complexity index is 920. The monoisotopic (exact) mass is 440 g/mol. The second-order valence-corrected chi connectivity index (χ2v) is 8.77. The molecule has 7 heteroatoms. The van der Waals surface area contributed by atoms with Crippen LogP contribution in [0.2, 0.25) is 0 Å². The van der Waals surface area contributed by atoms with Crippen molar-refractivity contribution in [3.63, 3.8) is 0 Å². The van der Waals surface area contributed by atoms with Crippen LogP contribution in [0.3, 0.4) is 0 Å². The van der Waals surface area contributed by atoms with Crippen LogP contribution in [0.4, 0.5) is 0 Å². The molecule has 0 radical (unpaired) electrons. The number of piperidine rings is 1. The highest BCUT2D eigenvalue weighted by molar-refractivity contribution is 5.82. The summed E-state index contributed by atoms with van der Waals surface area (Å²) in [6.07, 6.45) is 6.38. The molecule has 2 heterocycles. The van der Waals surface area contributed by atoms with E-state index < -0.39 is 0 Å². The van der Waals surface area contributed by atoms with Crippen LogP contribution in [-0.2, 0) is 16.1 Å². The Labute approximate surface area is 189 Å². The molecule has 1 N–H and O–H groups in total. The standard InChI is InChI=1S/C25H32N2O5/c1-30-22-10-9-18(13-23(22)31-2)19-12-20(24(28)26-14-21-8-5-11-32-21)16-27(15-19)25(29)17-6-3-4-7-17/h5,8-11,13,17,19-20H,3-4,6-7,12,14-16H2,1-2H3,(H,26,28). The summed E-state index contributed by atoms with van der Waals surface area (Å²) in [5, 5.41) is 2.98. The number of furan rings is 1. The molecule has 1 saturated heterocycles. The van der Waals surface area contributed by atoms with Gasteiger partial charge in [0.1, 0.15) is 5.76 Å². The lowest BCUT2D eigenvalue weighted by atomic mass is 9.83. The van der Waals surface area contributed by atoms with Gasteiger partial charge in [-0.2, -0.15) is 0 Å². The highest BCUT2D eigenvalue weighted by atomic mass is 16.5. The Kier molecular flexibility index (Phi) is 7.02. The van der Waals surface area contributed by atoms with E-state index in [0.717, 1.165) is 31.2 Å². The van der Waals surface area contributed by atoms with Gasteiger partial charge in [0.2, 0.25) is 11.8 Å². The van der Waals surface area contributed by atoms with Crippen molar-refractivity contribution in [1.29, 1.82) is 0 Å². The number of likely N-dealkylation sites (tertiary alicyclic amines) is 1. The Balaban J connectivity index is 1.53. The van der Waals surface area contributed by atoms with Gasteiger partial charge in [0.15, 0.2) is 11.5 Å². The summed E-state index contributed by atoms with van der Waals surface area (Å²) in [6, 6.07) is 9.50. The SMILES string of the molecule is COc1ccc(C2CC(C(=O)NCc3ccco3)CN(C(=O)C3CCCC3)C2)cc1OC. The number of rotatable bonds is 7. The lowest BCUT2D eigenvalue weighted by molar-refractivity contribution is -0.139. The number of ether oxygens (including phenoxy) is 2. The molecule has 2 aliphatic rings. The molecule has 2 atom stereocenters. The van der Waals surface area contributed by atoms with Crippen molar-refractivity contribution >= 4 is 11.8 Å². The average Bonchev–Trinajstić information content (AvgIpc) is 3.56. The number of nitrogens with one attached hydrogen (secondary N) is 1. The van der Waals surface area contributed by atoms with E-state index in [4.69, 9.17) is 13.9 Å². The van der Waals surface area contributed by atoms with Gasteiger partial charge in [-0.1, -0.05) is 18.9 Å². The summed E-state index contributed by atoms with van der Waals surface area (Å²) in [6.45, 7) is 1.43. The summed E-state index contributed by atoms with van der Waals surface area (Å²) in [7, 11) is 3.23. The van der Waals surface area contributed by atoms with Gasteiger partial charge in [-0.3, -0.25) is 9.59 Å². The van der Waals surface area contributed by atoms with Crippen molar-refractivity contribution in [2.45, 2.75) is 44.6 Å². The highest BCUT2D eigenvalue weighted by Gasteiger charge is 2.37. The first-order valence-electron chi connectivity index (χ1n) is 11.4. The summed E-state index contributed by atoms with van der Waals surface area (Å²) in [4.78, 5) is 28.2. The predicted octanol–water partition coefficient (Wildman–Crippen LogP) is 3.74. The summed E-state index contributed by atoms with van der Waals surface area (Å²) in [5.74, 6) is 2.04. The van der Waals surface area contributed by atoms with Crippen molar-refractivity contribution in [1.82, 2.24) is 10.2 Å². The first-order valence-corrected chi connectivity index (χ1v) is 11.4. The lowest BCUT2D eigenvalue weighted by Gasteiger charge is -2.38. The zero-order chi connectivity index (χ0) is 22.5. The predicted molar refractivity (Wildman–Crippen MR) is 119 cm³/mol. The van der Waals surface area contributed by atoms with Gasteiger partial charge in [-0.25, -0.2) is 0 Å². The van der Waals surface area contributed by atoms with Crippen LogP contribution in [0, 0.1) is 11.8 Å². The molecule has 1 aromatic carbocycles. The molecule has 1 aliphatic heterocycles. The zero-order valence-electron chi connectivity index (χ0n) is 18.8. The van der Waals surface area contributed by atoms with Crippen LogP contribution in [0.5, 0.6) is 11.5 Å². The molecule has 7 nitrogen and oxygen atoms in total. The molecular formula is C25H32N2O5. The van der Waals surface area contributed by atoms with Crippen molar-refractivity contribution < 1.29 is 23.5 Å². The van der Waals surface area contributed by atoms with E-state index in [1.165, 1.54) is 0 Å². The van der Waals surface area contributed by atoms with Crippen LogP contribution >= 0.6 is 0 Å². The molecule has 0 bridgehead atoms. The number of carbonyl (C=O) groups excluding carboxylic acids is 2. The minimum Gasteiger partial charge on any atom is -0.493 e. The molecule has 172 valence electrons. The fourth-order valence-corrected chi connectivity index (χ4v) is 4.98. The summed E-state index contributed by atoms with van der Waals surface area (Å²) < 4.78 is 16.2. The molecule has 1 saturated carbocycles. The number of carbonyl (C=O) groups is 2. The Morgan fingerprint density at radius 3 is 2.53 bits per heavy atom. The minimum absolute atomic E-state index is 0.0456. The van der Waals surface area contributed by atoms with Crippen LogP contribution in [0.25, 0.3) is 0 Å². The first-order chi connectivity index (χ1) is 15.6. The highest BCUT2D eigenvalue weighted by Crippen LogP contribution is 2.37. The topological polar surface area (TPSA) is 81.0 Å². The number of nitrogens with zero attached hydrogens (tertiary/aromatic N) is 1. The molecule has 4 rings (SSSR count). The fraction of sp³-hybridized carbons (Fsp3) is 0.520. The van der Waals surface area contributed by atoms with Gasteiger partial charge in [-0.05, 0) is 49.1 Å².